The molecule has 1 heterocycles. The Labute approximate surface area is 129 Å². The van der Waals surface area contributed by atoms with Crippen LogP contribution in [-0.2, 0) is 0 Å². The lowest BCUT2D eigenvalue weighted by Gasteiger charge is -2.38. The first-order chi connectivity index (χ1) is 10.3. The van der Waals surface area contributed by atoms with Crippen LogP contribution < -0.4 is 5.32 Å². The van der Waals surface area contributed by atoms with E-state index in [-0.39, 0.29) is 0 Å². The molecule has 0 amide bonds. The van der Waals surface area contributed by atoms with Gasteiger partial charge in [0.1, 0.15) is 0 Å². The average Bonchev–Trinajstić information content (AvgIpc) is 3.33. The molecule has 116 valence electrons. The molecule has 2 fully saturated rings. The van der Waals surface area contributed by atoms with Crippen LogP contribution in [0.4, 0.5) is 0 Å². The summed E-state index contributed by atoms with van der Waals surface area (Å²) in [5.41, 5.74) is 2.85. The summed E-state index contributed by atoms with van der Waals surface area (Å²) in [6.45, 7) is 8.24. The van der Waals surface area contributed by atoms with Gasteiger partial charge >= 0.3 is 0 Å². The Morgan fingerprint density at radius 2 is 1.76 bits per heavy atom. The Balaban J connectivity index is 1.52. The van der Waals surface area contributed by atoms with Crippen LogP contribution in [0.25, 0.3) is 0 Å². The first-order valence-corrected chi connectivity index (χ1v) is 8.80. The minimum Gasteiger partial charge on any atom is -0.314 e. The van der Waals surface area contributed by atoms with Crippen LogP contribution in [0.3, 0.4) is 0 Å². The highest BCUT2D eigenvalue weighted by molar-refractivity contribution is 5.24. The smallest absolute Gasteiger partial charge is 0.0345 e. The summed E-state index contributed by atoms with van der Waals surface area (Å²) in [4.78, 5) is 2.69. The van der Waals surface area contributed by atoms with E-state index in [0.29, 0.717) is 6.04 Å². The van der Waals surface area contributed by atoms with E-state index in [4.69, 9.17) is 0 Å². The van der Waals surface area contributed by atoms with Crippen molar-refractivity contribution in [2.24, 2.45) is 5.92 Å². The first-order valence-electron chi connectivity index (χ1n) is 8.80. The molecule has 2 heteroatoms. The van der Waals surface area contributed by atoms with Gasteiger partial charge in [-0.1, -0.05) is 36.8 Å². The standard InChI is InChI=1S/C19H30N2/c1-3-19(17-8-4-15(2)5-9-17)21-12-10-18(11-13-21)20-14-16-6-7-16/h4-5,8-9,16,18-20H,3,6-7,10-14H2,1-2H3. The zero-order valence-corrected chi connectivity index (χ0v) is 13.6. The van der Waals surface area contributed by atoms with Crippen molar-refractivity contribution < 1.29 is 0 Å². The van der Waals surface area contributed by atoms with Crippen molar-refractivity contribution in [3.63, 3.8) is 0 Å². The highest BCUT2D eigenvalue weighted by Crippen LogP contribution is 2.30. The Hall–Kier alpha value is -0.860. The molecule has 1 atom stereocenters. The maximum Gasteiger partial charge on any atom is 0.0345 e. The molecule has 1 saturated carbocycles. The van der Waals surface area contributed by atoms with Crippen LogP contribution in [0.2, 0.25) is 0 Å². The molecule has 0 aromatic heterocycles. The van der Waals surface area contributed by atoms with Crippen molar-refractivity contribution >= 4 is 0 Å². The van der Waals surface area contributed by atoms with Crippen LogP contribution in [-0.4, -0.2) is 30.6 Å². The predicted octanol–water partition coefficient (Wildman–Crippen LogP) is 3.91. The van der Waals surface area contributed by atoms with Crippen molar-refractivity contribution in [2.45, 2.75) is 58.0 Å². The molecule has 2 aliphatic rings. The van der Waals surface area contributed by atoms with Gasteiger partial charge in [-0.15, -0.1) is 0 Å². The third-order valence-electron chi connectivity index (χ3n) is 5.21. The second-order valence-electron chi connectivity index (χ2n) is 7.00. The third kappa shape index (κ3) is 4.08. The topological polar surface area (TPSA) is 15.3 Å². The number of piperidine rings is 1. The fourth-order valence-electron chi connectivity index (χ4n) is 3.56. The average molecular weight is 286 g/mol. The highest BCUT2D eigenvalue weighted by atomic mass is 15.2. The SMILES string of the molecule is CCC(c1ccc(C)cc1)N1CCC(NCC2CC2)CC1. The van der Waals surface area contributed by atoms with E-state index in [1.165, 1.54) is 62.9 Å². The maximum atomic E-state index is 3.78. The van der Waals surface area contributed by atoms with Crippen molar-refractivity contribution in [3.8, 4) is 0 Å². The number of hydrogen-bond acceptors (Lipinski definition) is 2. The van der Waals surface area contributed by atoms with Crippen LogP contribution in [0.1, 0.15) is 56.2 Å². The van der Waals surface area contributed by atoms with E-state index in [1.807, 2.05) is 0 Å². The Morgan fingerprint density at radius 1 is 1.10 bits per heavy atom. The van der Waals surface area contributed by atoms with Gasteiger partial charge in [0.15, 0.2) is 0 Å². The van der Waals surface area contributed by atoms with Gasteiger partial charge < -0.3 is 5.32 Å². The Bertz CT molecular complexity index is 427. The van der Waals surface area contributed by atoms with E-state index >= 15 is 0 Å². The number of nitrogens with one attached hydrogen (secondary N) is 1. The molecule has 1 aromatic rings. The fourth-order valence-corrected chi connectivity index (χ4v) is 3.56. The van der Waals surface area contributed by atoms with Crippen LogP contribution >= 0.6 is 0 Å². The summed E-state index contributed by atoms with van der Waals surface area (Å²) in [5.74, 6) is 0.999. The van der Waals surface area contributed by atoms with Gasteiger partial charge in [-0.3, -0.25) is 4.90 Å². The lowest BCUT2D eigenvalue weighted by molar-refractivity contribution is 0.139. The summed E-state index contributed by atoms with van der Waals surface area (Å²) in [6.07, 6.45) is 6.75. The first kappa shape index (κ1) is 15.1. The number of aryl methyl sites for hydroxylation is 1. The number of rotatable bonds is 6. The summed E-state index contributed by atoms with van der Waals surface area (Å²) in [7, 11) is 0. The summed E-state index contributed by atoms with van der Waals surface area (Å²) >= 11 is 0. The molecule has 0 bridgehead atoms. The van der Waals surface area contributed by atoms with Crippen molar-refractivity contribution in [2.75, 3.05) is 19.6 Å². The maximum absolute atomic E-state index is 3.78. The molecule has 21 heavy (non-hydrogen) atoms. The molecule has 3 rings (SSSR count). The summed E-state index contributed by atoms with van der Waals surface area (Å²) in [6, 6.07) is 10.5. The normalized spacial score (nSPS) is 22.4. The molecule has 1 aromatic carbocycles. The van der Waals surface area contributed by atoms with Crippen molar-refractivity contribution in [1.82, 2.24) is 10.2 Å². The van der Waals surface area contributed by atoms with Crippen LogP contribution in [0.5, 0.6) is 0 Å². The van der Waals surface area contributed by atoms with Gasteiger partial charge in [0.2, 0.25) is 0 Å². The van der Waals surface area contributed by atoms with Crippen LogP contribution in [0.15, 0.2) is 24.3 Å². The van der Waals surface area contributed by atoms with E-state index in [0.717, 1.165) is 12.0 Å². The Kier molecular flexibility index (Phi) is 4.97. The molecule has 2 nitrogen and oxygen atoms in total. The lowest BCUT2D eigenvalue weighted by Crippen LogP contribution is -2.44. The van der Waals surface area contributed by atoms with Gasteiger partial charge in [-0.25, -0.2) is 0 Å². The predicted molar refractivity (Wildman–Crippen MR) is 89.5 cm³/mol. The molecule has 1 unspecified atom stereocenters. The summed E-state index contributed by atoms with van der Waals surface area (Å²) < 4.78 is 0. The van der Waals surface area contributed by atoms with Crippen LogP contribution in [0, 0.1) is 12.8 Å². The zero-order chi connectivity index (χ0) is 14.7. The fraction of sp³-hybridized carbons (Fsp3) is 0.684. The van der Waals surface area contributed by atoms with E-state index in [2.05, 4.69) is 48.3 Å². The monoisotopic (exact) mass is 286 g/mol. The molecule has 0 spiro atoms. The van der Waals surface area contributed by atoms with Gasteiger partial charge in [0.25, 0.3) is 0 Å². The van der Waals surface area contributed by atoms with E-state index in [9.17, 15) is 0 Å². The third-order valence-corrected chi connectivity index (χ3v) is 5.21. The molecular formula is C19H30N2. The van der Waals surface area contributed by atoms with Crippen molar-refractivity contribution in [1.29, 1.82) is 0 Å². The van der Waals surface area contributed by atoms with Gasteiger partial charge in [-0.2, -0.15) is 0 Å². The number of nitrogens with zero attached hydrogens (tertiary/aromatic N) is 1. The van der Waals surface area contributed by atoms with Crippen molar-refractivity contribution in [3.05, 3.63) is 35.4 Å². The minimum atomic E-state index is 0.606. The number of hydrogen-bond donors (Lipinski definition) is 1. The van der Waals surface area contributed by atoms with Gasteiger partial charge in [-0.05, 0) is 57.1 Å². The van der Waals surface area contributed by atoms with E-state index in [1.54, 1.807) is 0 Å². The van der Waals surface area contributed by atoms with E-state index < -0.39 is 0 Å². The zero-order valence-electron chi connectivity index (χ0n) is 13.6. The summed E-state index contributed by atoms with van der Waals surface area (Å²) in [5, 5.41) is 3.78. The molecule has 1 saturated heterocycles. The van der Waals surface area contributed by atoms with Gasteiger partial charge in [0.05, 0.1) is 0 Å². The molecule has 1 aliphatic carbocycles. The second kappa shape index (κ2) is 6.93. The number of likely N-dealkylation sites (tertiary alicyclic amines) is 1. The Morgan fingerprint density at radius 3 is 2.33 bits per heavy atom. The van der Waals surface area contributed by atoms with Gasteiger partial charge in [0, 0.05) is 25.2 Å². The molecular weight excluding hydrogens is 256 g/mol. The lowest BCUT2D eigenvalue weighted by atomic mass is 9.97. The number of benzene rings is 1. The molecule has 1 N–H and O–H groups in total. The molecule has 1 aliphatic heterocycles. The molecule has 0 radical (unpaired) electrons. The highest BCUT2D eigenvalue weighted by Gasteiger charge is 2.27. The largest absolute Gasteiger partial charge is 0.314 e. The minimum absolute atomic E-state index is 0.606. The second-order valence-corrected chi connectivity index (χ2v) is 7.00. The quantitative estimate of drug-likeness (QED) is 0.853.